The Labute approximate surface area is 165 Å². The van der Waals surface area contributed by atoms with Crippen LogP contribution in [0.2, 0.25) is 0 Å². The number of amides is 1. The van der Waals surface area contributed by atoms with E-state index in [9.17, 15) is 4.79 Å². The second-order valence-electron chi connectivity index (χ2n) is 6.48. The average molecular weight is 376 g/mol. The number of hydrogen-bond acceptors (Lipinski definition) is 5. The molecule has 0 saturated heterocycles. The lowest BCUT2D eigenvalue weighted by Crippen LogP contribution is -2.26. The molecular formula is C22H24N4O2. The van der Waals surface area contributed by atoms with Crippen molar-refractivity contribution in [3.63, 3.8) is 0 Å². The van der Waals surface area contributed by atoms with Crippen molar-refractivity contribution in [2.75, 3.05) is 19.0 Å². The third-order valence-electron chi connectivity index (χ3n) is 4.30. The molecule has 3 aromatic rings. The molecule has 0 spiro atoms. The highest BCUT2D eigenvalue weighted by Gasteiger charge is 2.07. The molecule has 0 atom stereocenters. The van der Waals surface area contributed by atoms with Crippen LogP contribution in [0.5, 0.6) is 5.75 Å². The molecule has 3 rings (SSSR count). The van der Waals surface area contributed by atoms with Crippen LogP contribution in [0.1, 0.15) is 27.2 Å². The molecule has 1 aromatic heterocycles. The van der Waals surface area contributed by atoms with Crippen molar-refractivity contribution in [3.05, 3.63) is 83.3 Å². The molecule has 0 bridgehead atoms. The predicted molar refractivity (Wildman–Crippen MR) is 110 cm³/mol. The first-order chi connectivity index (χ1) is 13.6. The van der Waals surface area contributed by atoms with Gasteiger partial charge in [-0.05, 0) is 36.6 Å². The van der Waals surface area contributed by atoms with Crippen molar-refractivity contribution in [2.24, 2.45) is 0 Å². The number of methoxy groups -OCH3 is 1. The summed E-state index contributed by atoms with van der Waals surface area (Å²) in [7, 11) is 1.64. The summed E-state index contributed by atoms with van der Waals surface area (Å²) < 4.78 is 5.14. The van der Waals surface area contributed by atoms with E-state index >= 15 is 0 Å². The molecule has 2 N–H and O–H groups in total. The van der Waals surface area contributed by atoms with E-state index in [2.05, 4.69) is 45.7 Å². The number of benzene rings is 2. The van der Waals surface area contributed by atoms with Gasteiger partial charge in [-0.15, -0.1) is 0 Å². The van der Waals surface area contributed by atoms with Crippen molar-refractivity contribution in [2.45, 2.75) is 19.9 Å². The van der Waals surface area contributed by atoms with Gasteiger partial charge in [-0.25, -0.2) is 9.97 Å². The van der Waals surface area contributed by atoms with Crippen LogP contribution >= 0.6 is 0 Å². The minimum atomic E-state index is -0.230. The summed E-state index contributed by atoms with van der Waals surface area (Å²) in [5, 5.41) is 6.08. The molecule has 0 saturated carbocycles. The SMILES string of the molecule is COc1ccc(CCNC(=O)c2cnc(NCc3cccc(C)c3)cn2)cc1. The highest BCUT2D eigenvalue weighted by Crippen LogP contribution is 2.11. The van der Waals surface area contributed by atoms with E-state index in [-0.39, 0.29) is 5.91 Å². The van der Waals surface area contributed by atoms with E-state index < -0.39 is 0 Å². The number of aryl methyl sites for hydroxylation is 1. The number of carbonyl (C=O) groups is 1. The first-order valence-electron chi connectivity index (χ1n) is 9.16. The Bertz CT molecular complexity index is 909. The van der Waals surface area contributed by atoms with Crippen LogP contribution in [0.3, 0.4) is 0 Å². The van der Waals surface area contributed by atoms with E-state index in [1.54, 1.807) is 13.3 Å². The largest absolute Gasteiger partial charge is 0.497 e. The second-order valence-corrected chi connectivity index (χ2v) is 6.48. The minimum absolute atomic E-state index is 0.230. The molecule has 144 valence electrons. The van der Waals surface area contributed by atoms with Gasteiger partial charge in [0.05, 0.1) is 19.5 Å². The maximum absolute atomic E-state index is 12.2. The van der Waals surface area contributed by atoms with Crippen molar-refractivity contribution in [1.29, 1.82) is 0 Å². The molecule has 0 unspecified atom stereocenters. The summed E-state index contributed by atoms with van der Waals surface area (Å²) in [5.74, 6) is 1.22. The first-order valence-corrected chi connectivity index (χ1v) is 9.16. The molecule has 0 fully saturated rings. The van der Waals surface area contributed by atoms with Crippen LogP contribution in [0, 0.1) is 6.92 Å². The van der Waals surface area contributed by atoms with E-state index in [4.69, 9.17) is 4.74 Å². The molecule has 2 aromatic carbocycles. The predicted octanol–water partition coefficient (Wildman–Crippen LogP) is 3.38. The Hall–Kier alpha value is -3.41. The Morgan fingerprint density at radius 2 is 1.86 bits per heavy atom. The number of nitrogens with one attached hydrogen (secondary N) is 2. The zero-order valence-electron chi connectivity index (χ0n) is 16.1. The summed E-state index contributed by atoms with van der Waals surface area (Å²) in [6.45, 7) is 3.25. The Morgan fingerprint density at radius 3 is 2.54 bits per heavy atom. The van der Waals surface area contributed by atoms with Crippen LogP contribution in [0.15, 0.2) is 60.9 Å². The molecular weight excluding hydrogens is 352 g/mol. The van der Waals surface area contributed by atoms with E-state index in [0.29, 0.717) is 24.6 Å². The number of hydrogen-bond donors (Lipinski definition) is 2. The van der Waals surface area contributed by atoms with Gasteiger partial charge in [0.1, 0.15) is 17.3 Å². The monoisotopic (exact) mass is 376 g/mol. The van der Waals surface area contributed by atoms with E-state index in [1.165, 1.54) is 17.3 Å². The lowest BCUT2D eigenvalue weighted by Gasteiger charge is -2.08. The maximum Gasteiger partial charge on any atom is 0.271 e. The van der Waals surface area contributed by atoms with Gasteiger partial charge in [0.2, 0.25) is 0 Å². The molecule has 6 nitrogen and oxygen atoms in total. The molecule has 0 aliphatic rings. The lowest BCUT2D eigenvalue weighted by atomic mass is 10.1. The molecule has 0 aliphatic carbocycles. The fraction of sp³-hybridized carbons (Fsp3) is 0.227. The lowest BCUT2D eigenvalue weighted by molar-refractivity contribution is 0.0949. The summed E-state index contributed by atoms with van der Waals surface area (Å²) in [6.07, 6.45) is 3.80. The third-order valence-corrected chi connectivity index (χ3v) is 4.30. The average Bonchev–Trinajstić information content (AvgIpc) is 2.73. The highest BCUT2D eigenvalue weighted by atomic mass is 16.5. The van der Waals surface area contributed by atoms with Gasteiger partial charge in [0, 0.05) is 13.1 Å². The highest BCUT2D eigenvalue weighted by molar-refractivity contribution is 5.91. The molecule has 0 radical (unpaired) electrons. The van der Waals surface area contributed by atoms with Crippen LogP contribution in [-0.4, -0.2) is 29.5 Å². The fourth-order valence-corrected chi connectivity index (χ4v) is 2.75. The van der Waals surface area contributed by atoms with Gasteiger partial charge in [-0.2, -0.15) is 0 Å². The standard InChI is InChI=1S/C22H24N4O2/c1-16-4-3-5-18(12-16)13-25-21-15-24-20(14-26-21)22(27)23-11-10-17-6-8-19(28-2)9-7-17/h3-9,12,14-15H,10-11,13H2,1-2H3,(H,23,27)(H,25,26). The Balaban J connectivity index is 1.46. The number of carbonyl (C=O) groups excluding carboxylic acids is 1. The van der Waals surface area contributed by atoms with Crippen LogP contribution in [-0.2, 0) is 13.0 Å². The van der Waals surface area contributed by atoms with Crippen molar-refractivity contribution < 1.29 is 9.53 Å². The minimum Gasteiger partial charge on any atom is -0.497 e. The van der Waals surface area contributed by atoms with Crippen LogP contribution in [0.25, 0.3) is 0 Å². The quantitative estimate of drug-likeness (QED) is 0.630. The molecule has 0 aliphatic heterocycles. The summed E-state index contributed by atoms with van der Waals surface area (Å²) in [5.41, 5.74) is 3.81. The summed E-state index contributed by atoms with van der Waals surface area (Å²) >= 11 is 0. The van der Waals surface area contributed by atoms with Crippen LogP contribution in [0.4, 0.5) is 5.82 Å². The maximum atomic E-state index is 12.2. The van der Waals surface area contributed by atoms with Gasteiger partial charge in [0.25, 0.3) is 5.91 Å². The van der Waals surface area contributed by atoms with Gasteiger partial charge >= 0.3 is 0 Å². The smallest absolute Gasteiger partial charge is 0.271 e. The van der Waals surface area contributed by atoms with E-state index in [1.807, 2.05) is 30.3 Å². The molecule has 1 amide bonds. The Kier molecular flexibility index (Phi) is 6.57. The Morgan fingerprint density at radius 1 is 1.04 bits per heavy atom. The van der Waals surface area contributed by atoms with Gasteiger partial charge in [-0.1, -0.05) is 42.0 Å². The van der Waals surface area contributed by atoms with E-state index in [0.717, 1.165) is 17.7 Å². The number of nitrogens with zero attached hydrogens (tertiary/aromatic N) is 2. The van der Waals surface area contributed by atoms with Gasteiger partial charge < -0.3 is 15.4 Å². The first kappa shape index (κ1) is 19.4. The number of ether oxygens (including phenoxy) is 1. The second kappa shape index (κ2) is 9.50. The summed E-state index contributed by atoms with van der Waals surface area (Å²) in [6, 6.07) is 16.0. The van der Waals surface area contributed by atoms with Gasteiger partial charge in [-0.3, -0.25) is 4.79 Å². The topological polar surface area (TPSA) is 76.1 Å². The van der Waals surface area contributed by atoms with Crippen molar-refractivity contribution in [3.8, 4) is 5.75 Å². The fourth-order valence-electron chi connectivity index (χ4n) is 2.75. The van der Waals surface area contributed by atoms with Crippen molar-refractivity contribution >= 4 is 11.7 Å². The summed E-state index contributed by atoms with van der Waals surface area (Å²) in [4.78, 5) is 20.7. The molecule has 6 heteroatoms. The number of anilines is 1. The zero-order chi connectivity index (χ0) is 19.8. The van der Waals surface area contributed by atoms with Gasteiger partial charge in [0.15, 0.2) is 0 Å². The zero-order valence-corrected chi connectivity index (χ0v) is 16.1. The normalized spacial score (nSPS) is 10.4. The molecule has 28 heavy (non-hydrogen) atoms. The number of rotatable bonds is 8. The number of aromatic nitrogens is 2. The third kappa shape index (κ3) is 5.54. The van der Waals surface area contributed by atoms with Crippen LogP contribution < -0.4 is 15.4 Å². The molecule has 1 heterocycles. The van der Waals surface area contributed by atoms with Crippen molar-refractivity contribution in [1.82, 2.24) is 15.3 Å².